The van der Waals surface area contributed by atoms with E-state index in [1.807, 2.05) is 6.92 Å². The molecule has 0 aromatic carbocycles. The van der Waals surface area contributed by atoms with Crippen molar-refractivity contribution in [2.75, 3.05) is 26.7 Å². The number of ether oxygens (including phenoxy) is 1. The Kier molecular flexibility index (Phi) is 6.69. The Labute approximate surface area is 109 Å². The zero-order valence-electron chi connectivity index (χ0n) is 11.3. The second kappa shape index (κ2) is 8.06. The maximum absolute atomic E-state index is 11.8. The van der Waals surface area contributed by atoms with Crippen molar-refractivity contribution in [3.63, 3.8) is 0 Å². The number of amides is 1. The monoisotopic (exact) mass is 253 g/mol. The van der Waals surface area contributed by atoms with E-state index >= 15 is 0 Å². The van der Waals surface area contributed by atoms with Gasteiger partial charge in [0.2, 0.25) is 5.91 Å². The molecule has 1 aliphatic rings. The number of nitrogens with zero attached hydrogens (tertiary/aromatic N) is 2. The number of rotatable bonds is 6. The molecule has 1 heterocycles. The molecule has 0 radical (unpaired) electrons. The molecule has 0 bridgehead atoms. The summed E-state index contributed by atoms with van der Waals surface area (Å²) in [6, 6.07) is 2.05. The highest BCUT2D eigenvalue weighted by atomic mass is 16.5. The summed E-state index contributed by atoms with van der Waals surface area (Å²) in [5.41, 5.74) is 0. The third-order valence-electron chi connectivity index (χ3n) is 3.40. The molecule has 1 N–H and O–H groups in total. The van der Waals surface area contributed by atoms with Crippen molar-refractivity contribution in [3.8, 4) is 6.07 Å². The summed E-state index contributed by atoms with van der Waals surface area (Å²) in [5.74, 6) is 0.0479. The number of nitriles is 1. The van der Waals surface area contributed by atoms with Crippen LogP contribution in [0.3, 0.4) is 0 Å². The first-order chi connectivity index (χ1) is 8.65. The minimum absolute atomic E-state index is 0.0265. The molecular formula is C13H23N3O2. The van der Waals surface area contributed by atoms with Gasteiger partial charge in [-0.1, -0.05) is 0 Å². The summed E-state index contributed by atoms with van der Waals surface area (Å²) < 4.78 is 5.69. The summed E-state index contributed by atoms with van der Waals surface area (Å²) in [7, 11) is 1.74. The maximum atomic E-state index is 11.8. The topological polar surface area (TPSA) is 65.4 Å². The van der Waals surface area contributed by atoms with Crippen LogP contribution in [0.15, 0.2) is 0 Å². The summed E-state index contributed by atoms with van der Waals surface area (Å²) in [6.07, 6.45) is 3.11. The van der Waals surface area contributed by atoms with Crippen molar-refractivity contribution in [2.24, 2.45) is 0 Å². The van der Waals surface area contributed by atoms with Crippen molar-refractivity contribution in [1.29, 1.82) is 5.26 Å². The van der Waals surface area contributed by atoms with Crippen LogP contribution in [-0.4, -0.2) is 49.7 Å². The van der Waals surface area contributed by atoms with E-state index in [0.29, 0.717) is 25.6 Å². The van der Waals surface area contributed by atoms with E-state index in [9.17, 15) is 4.79 Å². The molecule has 0 aromatic heterocycles. The highest BCUT2D eigenvalue weighted by Crippen LogP contribution is 2.08. The van der Waals surface area contributed by atoms with Crippen LogP contribution in [0.1, 0.15) is 32.6 Å². The van der Waals surface area contributed by atoms with Gasteiger partial charge in [0.05, 0.1) is 31.6 Å². The van der Waals surface area contributed by atoms with E-state index in [0.717, 1.165) is 25.9 Å². The molecule has 102 valence electrons. The molecule has 1 atom stereocenters. The standard InChI is InChI=1S/C13H23N3O2/c1-11(3-7-14)16(2)13(17)6-10-18-12-4-8-15-9-5-12/h11-12,15H,3-6,8-10H2,1-2H3. The van der Waals surface area contributed by atoms with Crippen LogP contribution in [0.4, 0.5) is 0 Å². The number of piperidine rings is 1. The van der Waals surface area contributed by atoms with Crippen LogP contribution >= 0.6 is 0 Å². The van der Waals surface area contributed by atoms with Crippen molar-refractivity contribution >= 4 is 5.91 Å². The number of carbonyl (C=O) groups is 1. The Bertz CT molecular complexity index is 295. The highest BCUT2D eigenvalue weighted by molar-refractivity contribution is 5.76. The van der Waals surface area contributed by atoms with Gasteiger partial charge >= 0.3 is 0 Å². The number of carbonyl (C=O) groups excluding carboxylic acids is 1. The lowest BCUT2D eigenvalue weighted by atomic mass is 10.1. The van der Waals surface area contributed by atoms with Gasteiger partial charge < -0.3 is 15.0 Å². The smallest absolute Gasteiger partial charge is 0.224 e. The molecule has 5 nitrogen and oxygen atoms in total. The zero-order valence-corrected chi connectivity index (χ0v) is 11.3. The van der Waals surface area contributed by atoms with Gasteiger partial charge in [0.1, 0.15) is 0 Å². The Morgan fingerprint density at radius 2 is 2.22 bits per heavy atom. The minimum Gasteiger partial charge on any atom is -0.378 e. The Balaban J connectivity index is 2.17. The fourth-order valence-electron chi connectivity index (χ4n) is 1.97. The third kappa shape index (κ3) is 5.03. The van der Waals surface area contributed by atoms with Gasteiger partial charge in [-0.15, -0.1) is 0 Å². The molecule has 0 spiro atoms. The van der Waals surface area contributed by atoms with Crippen LogP contribution < -0.4 is 5.32 Å². The first-order valence-electron chi connectivity index (χ1n) is 6.60. The van der Waals surface area contributed by atoms with Gasteiger partial charge in [0.25, 0.3) is 0 Å². The molecule has 0 saturated carbocycles. The molecule has 1 amide bonds. The number of hydrogen-bond acceptors (Lipinski definition) is 4. The molecule has 1 fully saturated rings. The fraction of sp³-hybridized carbons (Fsp3) is 0.846. The second-order valence-corrected chi connectivity index (χ2v) is 4.79. The van der Waals surface area contributed by atoms with Crippen molar-refractivity contribution < 1.29 is 9.53 Å². The Morgan fingerprint density at radius 1 is 1.56 bits per heavy atom. The summed E-state index contributed by atoms with van der Waals surface area (Å²) in [5, 5.41) is 11.9. The minimum atomic E-state index is -0.0265. The zero-order chi connectivity index (χ0) is 13.4. The third-order valence-corrected chi connectivity index (χ3v) is 3.40. The van der Waals surface area contributed by atoms with E-state index in [1.54, 1.807) is 11.9 Å². The van der Waals surface area contributed by atoms with Crippen LogP contribution in [0.2, 0.25) is 0 Å². The molecule has 5 heteroatoms. The lowest BCUT2D eigenvalue weighted by Crippen LogP contribution is -2.36. The van der Waals surface area contributed by atoms with Gasteiger partial charge in [-0.3, -0.25) is 4.79 Å². The normalized spacial score (nSPS) is 18.1. The SMILES string of the molecule is CC(CC#N)N(C)C(=O)CCOC1CCNCC1. The van der Waals surface area contributed by atoms with E-state index in [4.69, 9.17) is 10.00 Å². The van der Waals surface area contributed by atoms with Crippen molar-refractivity contribution in [2.45, 2.75) is 44.8 Å². The molecule has 18 heavy (non-hydrogen) atoms. The largest absolute Gasteiger partial charge is 0.378 e. The first-order valence-corrected chi connectivity index (χ1v) is 6.60. The molecule has 1 rings (SSSR count). The number of nitrogens with one attached hydrogen (secondary N) is 1. The van der Waals surface area contributed by atoms with Gasteiger partial charge in [-0.25, -0.2) is 0 Å². The molecule has 0 aromatic rings. The Morgan fingerprint density at radius 3 is 2.83 bits per heavy atom. The van der Waals surface area contributed by atoms with Gasteiger partial charge in [0.15, 0.2) is 0 Å². The molecule has 0 aliphatic carbocycles. The summed E-state index contributed by atoms with van der Waals surface area (Å²) in [4.78, 5) is 13.5. The van der Waals surface area contributed by atoms with Crippen LogP contribution in [0, 0.1) is 11.3 Å². The van der Waals surface area contributed by atoms with Crippen LogP contribution in [-0.2, 0) is 9.53 Å². The number of hydrogen-bond donors (Lipinski definition) is 1. The predicted octanol–water partition coefficient (Wildman–Crippen LogP) is 0.906. The quantitative estimate of drug-likeness (QED) is 0.764. The van der Waals surface area contributed by atoms with Gasteiger partial charge in [0, 0.05) is 13.1 Å². The van der Waals surface area contributed by atoms with Gasteiger partial charge in [-0.2, -0.15) is 5.26 Å². The summed E-state index contributed by atoms with van der Waals surface area (Å²) in [6.45, 7) is 4.36. The van der Waals surface area contributed by atoms with E-state index in [1.165, 1.54) is 0 Å². The molecule has 1 unspecified atom stereocenters. The van der Waals surface area contributed by atoms with E-state index < -0.39 is 0 Å². The lowest BCUT2D eigenvalue weighted by Gasteiger charge is -2.25. The molecule has 1 saturated heterocycles. The van der Waals surface area contributed by atoms with Crippen LogP contribution in [0.5, 0.6) is 0 Å². The van der Waals surface area contributed by atoms with Gasteiger partial charge in [-0.05, 0) is 32.9 Å². The average molecular weight is 253 g/mol. The van der Waals surface area contributed by atoms with E-state index in [-0.39, 0.29) is 11.9 Å². The predicted molar refractivity (Wildman–Crippen MR) is 68.9 cm³/mol. The first kappa shape index (κ1) is 14.9. The molecule has 1 aliphatic heterocycles. The van der Waals surface area contributed by atoms with Crippen LogP contribution in [0.25, 0.3) is 0 Å². The maximum Gasteiger partial charge on any atom is 0.224 e. The van der Waals surface area contributed by atoms with Crippen molar-refractivity contribution in [1.82, 2.24) is 10.2 Å². The fourth-order valence-corrected chi connectivity index (χ4v) is 1.97. The highest BCUT2D eigenvalue weighted by Gasteiger charge is 2.17. The molecular weight excluding hydrogens is 230 g/mol. The Hall–Kier alpha value is -1.12. The second-order valence-electron chi connectivity index (χ2n) is 4.79. The van der Waals surface area contributed by atoms with Crippen molar-refractivity contribution in [3.05, 3.63) is 0 Å². The summed E-state index contributed by atoms with van der Waals surface area (Å²) >= 11 is 0. The van der Waals surface area contributed by atoms with E-state index in [2.05, 4.69) is 11.4 Å². The average Bonchev–Trinajstić information content (AvgIpc) is 2.39. The lowest BCUT2D eigenvalue weighted by molar-refractivity contribution is -0.133.